The molecule has 0 fully saturated rings. The molecule has 0 amide bonds. The Hall–Kier alpha value is -3.42. The number of sulfone groups is 1. The third-order valence-corrected chi connectivity index (χ3v) is 8.59. The van der Waals surface area contributed by atoms with Gasteiger partial charge in [0.25, 0.3) is 0 Å². The summed E-state index contributed by atoms with van der Waals surface area (Å²) in [7, 11) is -4.00. The van der Waals surface area contributed by atoms with Crippen molar-refractivity contribution in [3.8, 4) is 0 Å². The predicted molar refractivity (Wildman–Crippen MR) is 134 cm³/mol. The summed E-state index contributed by atoms with van der Waals surface area (Å²) >= 11 is 1.05. The van der Waals surface area contributed by atoms with Gasteiger partial charge in [-0.1, -0.05) is 65.7 Å². The van der Waals surface area contributed by atoms with Crippen LogP contribution in [0.2, 0.25) is 0 Å². The lowest BCUT2D eigenvalue weighted by Gasteiger charge is -2.12. The van der Waals surface area contributed by atoms with Gasteiger partial charge in [0.2, 0.25) is 15.6 Å². The van der Waals surface area contributed by atoms with E-state index in [0.717, 1.165) is 22.5 Å². The van der Waals surface area contributed by atoms with Crippen LogP contribution >= 0.6 is 11.3 Å². The van der Waals surface area contributed by atoms with Crippen molar-refractivity contribution in [1.29, 1.82) is 0 Å². The zero-order valence-electron chi connectivity index (χ0n) is 18.5. The Morgan fingerprint density at radius 3 is 2.15 bits per heavy atom. The second-order valence-corrected chi connectivity index (χ2v) is 10.8. The Kier molecular flexibility index (Phi) is 6.10. The molecule has 4 rings (SSSR count). The van der Waals surface area contributed by atoms with Gasteiger partial charge in [-0.05, 0) is 44.5 Å². The predicted octanol–water partition coefficient (Wildman–Crippen LogP) is 6.06. The molecule has 0 aliphatic carbocycles. The van der Waals surface area contributed by atoms with Crippen LogP contribution in [0.4, 0.5) is 16.4 Å². The smallest absolute Gasteiger partial charge is 0.211 e. The molecule has 0 atom stereocenters. The number of thiophene rings is 1. The SMILES string of the molecule is Cc1ccc(Nc2sc(C(=O)c3ccccc3)c(N)c2S(=O)(=O)c2ccc(C)cc2C)cc1. The van der Waals surface area contributed by atoms with E-state index in [4.69, 9.17) is 5.73 Å². The molecule has 1 aromatic heterocycles. The van der Waals surface area contributed by atoms with Gasteiger partial charge in [0.05, 0.1) is 10.6 Å². The van der Waals surface area contributed by atoms with Crippen LogP contribution in [0.3, 0.4) is 0 Å². The van der Waals surface area contributed by atoms with Crippen molar-refractivity contribution in [2.24, 2.45) is 0 Å². The van der Waals surface area contributed by atoms with Crippen LogP contribution in [0.5, 0.6) is 0 Å². The summed E-state index contributed by atoms with van der Waals surface area (Å²) in [5.41, 5.74) is 10.2. The van der Waals surface area contributed by atoms with E-state index < -0.39 is 9.84 Å². The second-order valence-electron chi connectivity index (χ2n) is 7.96. The first kappa shape index (κ1) is 22.8. The first-order chi connectivity index (χ1) is 15.7. The average Bonchev–Trinajstić information content (AvgIpc) is 3.11. The fraction of sp³-hybridized carbons (Fsp3) is 0.115. The highest BCUT2D eigenvalue weighted by atomic mass is 32.2. The van der Waals surface area contributed by atoms with Crippen molar-refractivity contribution in [3.63, 3.8) is 0 Å². The Morgan fingerprint density at radius 1 is 0.879 bits per heavy atom. The molecule has 3 N–H and O–H groups in total. The van der Waals surface area contributed by atoms with Crippen molar-refractivity contribution in [2.75, 3.05) is 11.1 Å². The van der Waals surface area contributed by atoms with Crippen LogP contribution in [0.25, 0.3) is 0 Å². The van der Waals surface area contributed by atoms with Gasteiger partial charge in [-0.3, -0.25) is 4.79 Å². The zero-order valence-corrected chi connectivity index (χ0v) is 20.2. The molecule has 0 saturated heterocycles. The highest BCUT2D eigenvalue weighted by Crippen LogP contribution is 2.44. The zero-order chi connectivity index (χ0) is 23.8. The maximum atomic E-state index is 13.8. The van der Waals surface area contributed by atoms with Gasteiger partial charge in [-0.2, -0.15) is 0 Å². The van der Waals surface area contributed by atoms with Crippen LogP contribution in [0.1, 0.15) is 31.9 Å². The van der Waals surface area contributed by atoms with E-state index in [1.54, 1.807) is 43.3 Å². The summed E-state index contributed by atoms with van der Waals surface area (Å²) in [6.07, 6.45) is 0. The highest BCUT2D eigenvalue weighted by Gasteiger charge is 2.32. The average molecular weight is 477 g/mol. The Bertz CT molecular complexity index is 1440. The summed E-state index contributed by atoms with van der Waals surface area (Å²) in [6.45, 7) is 5.63. The Labute approximate surface area is 197 Å². The van der Waals surface area contributed by atoms with Crippen molar-refractivity contribution >= 4 is 43.3 Å². The fourth-order valence-electron chi connectivity index (χ4n) is 3.65. The van der Waals surface area contributed by atoms with Gasteiger partial charge in [0.1, 0.15) is 14.8 Å². The Morgan fingerprint density at radius 2 is 1.52 bits per heavy atom. The number of nitrogens with one attached hydrogen (secondary N) is 1. The third kappa shape index (κ3) is 4.42. The molecule has 3 aromatic carbocycles. The molecule has 0 radical (unpaired) electrons. The minimum Gasteiger partial charge on any atom is -0.396 e. The number of ketones is 1. The van der Waals surface area contributed by atoms with Crippen LogP contribution in [-0.4, -0.2) is 14.2 Å². The van der Waals surface area contributed by atoms with E-state index in [9.17, 15) is 13.2 Å². The molecule has 5 nitrogen and oxygen atoms in total. The van der Waals surface area contributed by atoms with Crippen molar-refractivity contribution < 1.29 is 13.2 Å². The molecule has 0 aliphatic heterocycles. The molecule has 7 heteroatoms. The number of rotatable bonds is 6. The summed E-state index contributed by atoms with van der Waals surface area (Å²) < 4.78 is 27.6. The molecule has 0 unspecified atom stereocenters. The number of hydrogen-bond donors (Lipinski definition) is 2. The second kappa shape index (κ2) is 8.84. The molecular formula is C26H24N2O3S2. The molecule has 1 heterocycles. The van der Waals surface area contributed by atoms with Gasteiger partial charge in [0, 0.05) is 11.3 Å². The van der Waals surface area contributed by atoms with Crippen LogP contribution in [-0.2, 0) is 9.84 Å². The molecule has 0 spiro atoms. The molecule has 0 aliphatic rings. The first-order valence-electron chi connectivity index (χ1n) is 10.4. The number of nitrogen functional groups attached to an aromatic ring is 1. The largest absolute Gasteiger partial charge is 0.396 e. The van der Waals surface area contributed by atoms with Gasteiger partial charge in [-0.25, -0.2) is 8.42 Å². The standard InChI is InChI=1S/C26H24N2O3S2/c1-16-9-12-20(13-10-16)28-26-25(33(30,31)21-14-11-17(2)15-18(21)3)22(27)24(32-26)23(29)19-7-5-4-6-8-19/h4-15,28H,27H2,1-3H3. The van der Waals surface area contributed by atoms with Gasteiger partial charge in [0.15, 0.2) is 0 Å². The third-order valence-electron chi connectivity index (χ3n) is 5.34. The van der Waals surface area contributed by atoms with E-state index in [-0.39, 0.29) is 26.1 Å². The van der Waals surface area contributed by atoms with Crippen LogP contribution < -0.4 is 11.1 Å². The number of aryl methyl sites for hydroxylation is 3. The molecule has 4 aromatic rings. The molecule has 33 heavy (non-hydrogen) atoms. The van der Waals surface area contributed by atoms with Crippen molar-refractivity contribution in [1.82, 2.24) is 0 Å². The summed E-state index contributed by atoms with van der Waals surface area (Å²) in [4.78, 5) is 13.5. The minimum atomic E-state index is -4.00. The molecule has 0 saturated carbocycles. The summed E-state index contributed by atoms with van der Waals surface area (Å²) in [5, 5.41) is 3.50. The van der Waals surface area contributed by atoms with Gasteiger partial charge >= 0.3 is 0 Å². The lowest BCUT2D eigenvalue weighted by Crippen LogP contribution is -2.09. The van der Waals surface area contributed by atoms with E-state index in [0.29, 0.717) is 21.8 Å². The molecular weight excluding hydrogens is 452 g/mol. The number of carbonyl (C=O) groups excluding carboxylic acids is 1. The van der Waals surface area contributed by atoms with Crippen molar-refractivity contribution in [3.05, 3.63) is 99.9 Å². The van der Waals surface area contributed by atoms with Crippen LogP contribution in [0, 0.1) is 20.8 Å². The number of benzene rings is 3. The maximum Gasteiger partial charge on any atom is 0.211 e. The Balaban J connectivity index is 1.91. The lowest BCUT2D eigenvalue weighted by molar-refractivity contribution is 0.104. The van der Waals surface area contributed by atoms with Gasteiger partial charge in [-0.15, -0.1) is 11.3 Å². The monoisotopic (exact) mass is 476 g/mol. The first-order valence-corrected chi connectivity index (χ1v) is 12.7. The van der Waals surface area contributed by atoms with E-state index in [1.165, 1.54) is 0 Å². The minimum absolute atomic E-state index is 0.0385. The number of anilines is 3. The topological polar surface area (TPSA) is 89.3 Å². The van der Waals surface area contributed by atoms with Crippen molar-refractivity contribution in [2.45, 2.75) is 30.6 Å². The summed E-state index contributed by atoms with van der Waals surface area (Å²) in [6, 6.07) is 21.4. The van der Waals surface area contributed by atoms with E-state index in [1.807, 2.05) is 50.2 Å². The summed E-state index contributed by atoms with van der Waals surface area (Å²) in [5.74, 6) is -0.313. The lowest BCUT2D eigenvalue weighted by atomic mass is 10.1. The van der Waals surface area contributed by atoms with Crippen LogP contribution in [0.15, 0.2) is 82.6 Å². The van der Waals surface area contributed by atoms with E-state index in [2.05, 4.69) is 5.32 Å². The van der Waals surface area contributed by atoms with Gasteiger partial charge < -0.3 is 11.1 Å². The number of hydrogen-bond acceptors (Lipinski definition) is 6. The van der Waals surface area contributed by atoms with E-state index >= 15 is 0 Å². The molecule has 168 valence electrons. The quantitative estimate of drug-likeness (QED) is 0.330. The number of carbonyl (C=O) groups is 1. The maximum absolute atomic E-state index is 13.8. The highest BCUT2D eigenvalue weighted by molar-refractivity contribution is 7.92. The number of nitrogens with two attached hydrogens (primary N) is 1. The normalized spacial score (nSPS) is 11.4. The fourth-order valence-corrected chi connectivity index (χ4v) is 6.80. The molecule has 0 bridgehead atoms.